The van der Waals surface area contributed by atoms with Gasteiger partial charge in [0.1, 0.15) is 6.61 Å². The van der Waals surface area contributed by atoms with Crippen LogP contribution < -0.4 is 4.84 Å². The van der Waals surface area contributed by atoms with Gasteiger partial charge in [-0.1, -0.05) is 0 Å². The van der Waals surface area contributed by atoms with E-state index in [1.165, 1.54) is 0 Å². The molecule has 1 aliphatic heterocycles. The van der Waals surface area contributed by atoms with Gasteiger partial charge in [0, 0.05) is 24.3 Å². The Kier molecular flexibility index (Phi) is 5.20. The van der Waals surface area contributed by atoms with Crippen molar-refractivity contribution in [1.82, 2.24) is 9.63 Å². The van der Waals surface area contributed by atoms with E-state index in [9.17, 15) is 29.4 Å². The first-order chi connectivity index (χ1) is 11.4. The first-order valence-corrected chi connectivity index (χ1v) is 6.88. The molecular weight excluding hydrogens is 324 g/mol. The smallest absolute Gasteiger partial charge is 0.333 e. The topological polar surface area (TPSA) is 135 Å². The van der Waals surface area contributed by atoms with Gasteiger partial charge in [-0.15, -0.1) is 4.73 Å². The molecule has 2 heterocycles. The second-order valence-electron chi connectivity index (χ2n) is 4.69. The van der Waals surface area contributed by atoms with Gasteiger partial charge < -0.3 is 19.8 Å². The van der Waals surface area contributed by atoms with E-state index >= 15 is 0 Å². The first kappa shape index (κ1) is 17.1. The molecule has 2 amide bonds. The lowest BCUT2D eigenvalue weighted by molar-refractivity contribution is -0.152. The predicted molar refractivity (Wildman–Crippen MR) is 75.4 cm³/mol. The maximum absolute atomic E-state index is 11.5. The molecule has 1 aromatic heterocycles. The number of imide groups is 1. The van der Waals surface area contributed by atoms with Crippen molar-refractivity contribution >= 4 is 23.8 Å². The predicted octanol–water partition coefficient (Wildman–Crippen LogP) is -0.897. The number of aromatic nitrogens is 1. The molecule has 0 saturated heterocycles. The summed E-state index contributed by atoms with van der Waals surface area (Å²) in [6, 6.07) is 2.24. The van der Waals surface area contributed by atoms with E-state index in [0.29, 0.717) is 4.73 Å². The van der Waals surface area contributed by atoms with Gasteiger partial charge >= 0.3 is 11.9 Å². The zero-order valence-corrected chi connectivity index (χ0v) is 12.4. The standard InChI is InChI=1S/C14H14N2O8/c17-9-1-2-10(18)15(9)7-8-23-13(21)5-6-14(22)24-16-11(19)3-4-12(16)20/h1-4,19-20H,5-8H2. The molecule has 1 aromatic rings. The molecule has 2 rings (SSSR count). The van der Waals surface area contributed by atoms with Crippen LogP contribution in [0.1, 0.15) is 12.8 Å². The van der Waals surface area contributed by atoms with Crippen LogP contribution in [0.4, 0.5) is 0 Å². The van der Waals surface area contributed by atoms with Crippen LogP contribution in [-0.4, -0.2) is 56.7 Å². The lowest BCUT2D eigenvalue weighted by atomic mass is 10.3. The van der Waals surface area contributed by atoms with Crippen LogP contribution in [0.15, 0.2) is 24.3 Å². The minimum Gasteiger partial charge on any atom is -0.492 e. The van der Waals surface area contributed by atoms with Crippen molar-refractivity contribution in [3.05, 3.63) is 24.3 Å². The van der Waals surface area contributed by atoms with Crippen molar-refractivity contribution < 1.29 is 39.0 Å². The summed E-state index contributed by atoms with van der Waals surface area (Å²) < 4.78 is 5.31. The van der Waals surface area contributed by atoms with Crippen LogP contribution >= 0.6 is 0 Å². The second kappa shape index (κ2) is 7.31. The summed E-state index contributed by atoms with van der Waals surface area (Å²) in [5.74, 6) is -3.51. The summed E-state index contributed by atoms with van der Waals surface area (Å²) in [6.45, 7) is -0.266. The molecule has 0 aliphatic carbocycles. The summed E-state index contributed by atoms with van der Waals surface area (Å²) in [4.78, 5) is 51.1. The Labute approximate surface area is 135 Å². The van der Waals surface area contributed by atoms with Gasteiger partial charge in [-0.2, -0.15) is 0 Å². The molecule has 0 radical (unpaired) electrons. The van der Waals surface area contributed by atoms with Gasteiger partial charge in [-0.05, 0) is 0 Å². The Hall–Kier alpha value is -3.30. The maximum Gasteiger partial charge on any atom is 0.333 e. The number of hydrogen-bond donors (Lipinski definition) is 2. The Morgan fingerprint density at radius 1 is 0.958 bits per heavy atom. The number of esters is 1. The molecule has 128 valence electrons. The fourth-order valence-electron chi connectivity index (χ4n) is 1.82. The molecule has 0 unspecified atom stereocenters. The molecular formula is C14H14N2O8. The summed E-state index contributed by atoms with van der Waals surface area (Å²) >= 11 is 0. The molecule has 0 bridgehead atoms. The third kappa shape index (κ3) is 4.12. The Morgan fingerprint density at radius 3 is 2.08 bits per heavy atom. The Balaban J connectivity index is 1.67. The van der Waals surface area contributed by atoms with Crippen molar-refractivity contribution in [3.8, 4) is 11.8 Å². The van der Waals surface area contributed by atoms with Gasteiger partial charge in [0.15, 0.2) is 0 Å². The zero-order chi connectivity index (χ0) is 17.7. The molecule has 10 nitrogen and oxygen atoms in total. The fraction of sp³-hybridized carbons (Fsp3) is 0.286. The molecule has 10 heteroatoms. The van der Waals surface area contributed by atoms with E-state index in [4.69, 9.17) is 4.74 Å². The monoisotopic (exact) mass is 338 g/mol. The zero-order valence-electron chi connectivity index (χ0n) is 12.4. The SMILES string of the molecule is O=C(CCC(=O)On1c(O)ccc1O)OCCN1C(=O)C=CC1=O. The summed E-state index contributed by atoms with van der Waals surface area (Å²) in [7, 11) is 0. The number of nitrogens with zero attached hydrogens (tertiary/aromatic N) is 2. The van der Waals surface area contributed by atoms with Crippen LogP contribution in [0, 0.1) is 0 Å². The minimum absolute atomic E-state index is 0.0774. The van der Waals surface area contributed by atoms with E-state index in [-0.39, 0.29) is 26.0 Å². The quantitative estimate of drug-likeness (QED) is 0.482. The highest BCUT2D eigenvalue weighted by molar-refractivity contribution is 6.12. The summed E-state index contributed by atoms with van der Waals surface area (Å²) in [5, 5.41) is 18.6. The van der Waals surface area contributed by atoms with Gasteiger partial charge in [0.2, 0.25) is 11.8 Å². The number of carbonyl (C=O) groups is 4. The largest absolute Gasteiger partial charge is 0.492 e. The number of hydrogen-bond acceptors (Lipinski definition) is 8. The van der Waals surface area contributed by atoms with E-state index in [2.05, 4.69) is 4.84 Å². The number of ether oxygens (including phenoxy) is 1. The van der Waals surface area contributed by atoms with Gasteiger partial charge in [-0.3, -0.25) is 19.3 Å². The molecule has 0 saturated carbocycles. The molecule has 24 heavy (non-hydrogen) atoms. The minimum atomic E-state index is -0.872. The van der Waals surface area contributed by atoms with Gasteiger partial charge in [0.05, 0.1) is 19.4 Å². The Bertz CT molecular complexity index is 668. The third-order valence-electron chi connectivity index (χ3n) is 3.00. The van der Waals surface area contributed by atoms with Crippen LogP contribution in [0.2, 0.25) is 0 Å². The highest BCUT2D eigenvalue weighted by Crippen LogP contribution is 2.18. The third-order valence-corrected chi connectivity index (χ3v) is 3.00. The van der Waals surface area contributed by atoms with Crippen molar-refractivity contribution in [2.45, 2.75) is 12.8 Å². The van der Waals surface area contributed by atoms with Crippen LogP contribution in [0.25, 0.3) is 0 Å². The maximum atomic E-state index is 11.5. The van der Waals surface area contributed by atoms with Crippen molar-refractivity contribution in [3.63, 3.8) is 0 Å². The molecule has 0 fully saturated rings. The van der Waals surface area contributed by atoms with Crippen LogP contribution in [0.3, 0.4) is 0 Å². The average Bonchev–Trinajstić information content (AvgIpc) is 3.02. The van der Waals surface area contributed by atoms with E-state index in [0.717, 1.165) is 29.2 Å². The average molecular weight is 338 g/mol. The number of carbonyl (C=O) groups excluding carboxylic acids is 4. The van der Waals surface area contributed by atoms with Crippen LogP contribution in [0.5, 0.6) is 11.8 Å². The lowest BCUT2D eigenvalue weighted by Gasteiger charge is -2.13. The second-order valence-corrected chi connectivity index (χ2v) is 4.69. The number of aromatic hydroxyl groups is 2. The van der Waals surface area contributed by atoms with Crippen molar-refractivity contribution in [1.29, 1.82) is 0 Å². The number of rotatable bonds is 7. The molecule has 0 aromatic carbocycles. The van der Waals surface area contributed by atoms with E-state index in [1.54, 1.807) is 0 Å². The lowest BCUT2D eigenvalue weighted by Crippen LogP contribution is -2.33. The first-order valence-electron chi connectivity index (χ1n) is 6.88. The van der Waals surface area contributed by atoms with Crippen molar-refractivity contribution in [2.24, 2.45) is 0 Å². The molecule has 0 atom stereocenters. The van der Waals surface area contributed by atoms with Gasteiger partial charge in [0.25, 0.3) is 11.8 Å². The van der Waals surface area contributed by atoms with E-state index < -0.39 is 35.5 Å². The number of amides is 2. The van der Waals surface area contributed by atoms with E-state index in [1.807, 2.05) is 0 Å². The Morgan fingerprint density at radius 2 is 1.50 bits per heavy atom. The molecule has 2 N–H and O–H groups in total. The fourth-order valence-corrected chi connectivity index (χ4v) is 1.82. The van der Waals surface area contributed by atoms with Gasteiger partial charge in [-0.25, -0.2) is 4.79 Å². The highest BCUT2D eigenvalue weighted by atomic mass is 16.7. The van der Waals surface area contributed by atoms with Crippen LogP contribution in [-0.2, 0) is 23.9 Å². The summed E-state index contributed by atoms with van der Waals surface area (Å²) in [6.07, 6.45) is 1.58. The highest BCUT2D eigenvalue weighted by Gasteiger charge is 2.23. The summed E-state index contributed by atoms with van der Waals surface area (Å²) in [5.41, 5.74) is 0. The normalized spacial score (nSPS) is 13.4. The molecule has 1 aliphatic rings. The molecule has 0 spiro atoms. The van der Waals surface area contributed by atoms with Crippen molar-refractivity contribution in [2.75, 3.05) is 13.2 Å².